The van der Waals surface area contributed by atoms with Gasteiger partial charge in [-0.3, -0.25) is 4.79 Å². The number of amides is 1. The quantitative estimate of drug-likeness (QED) is 0.664. The fourth-order valence-electron chi connectivity index (χ4n) is 1.53. The minimum absolute atomic E-state index is 0.103. The van der Waals surface area contributed by atoms with Gasteiger partial charge in [0.05, 0.1) is 6.61 Å². The number of primary amides is 1. The molecule has 0 atom stereocenters. The third kappa shape index (κ3) is 5.16. The average molecular weight is 252 g/mol. The summed E-state index contributed by atoms with van der Waals surface area (Å²) in [6, 6.07) is 5.82. The van der Waals surface area contributed by atoms with Gasteiger partial charge in [-0.25, -0.2) is 0 Å². The lowest BCUT2D eigenvalue weighted by Gasteiger charge is -2.12. The highest BCUT2D eigenvalue weighted by Crippen LogP contribution is 2.19. The van der Waals surface area contributed by atoms with Crippen LogP contribution in [0.2, 0.25) is 0 Å². The summed E-state index contributed by atoms with van der Waals surface area (Å²) in [6.45, 7) is 3.99. The number of methoxy groups -OCH3 is 1. The number of aryl methyl sites for hydroxylation is 1. The van der Waals surface area contributed by atoms with Crippen molar-refractivity contribution in [3.63, 3.8) is 0 Å². The Bertz CT molecular complexity index is 394. The molecule has 0 saturated carbocycles. The van der Waals surface area contributed by atoms with Crippen LogP contribution in [0.25, 0.3) is 0 Å². The van der Waals surface area contributed by atoms with Crippen LogP contribution in [-0.2, 0) is 16.1 Å². The van der Waals surface area contributed by atoms with E-state index in [1.54, 1.807) is 7.11 Å². The molecule has 18 heavy (non-hydrogen) atoms. The molecule has 0 aliphatic heterocycles. The van der Waals surface area contributed by atoms with E-state index in [1.165, 1.54) is 0 Å². The van der Waals surface area contributed by atoms with Gasteiger partial charge >= 0.3 is 0 Å². The van der Waals surface area contributed by atoms with Gasteiger partial charge in [-0.2, -0.15) is 0 Å². The van der Waals surface area contributed by atoms with E-state index in [-0.39, 0.29) is 6.61 Å². The third-order valence-corrected chi connectivity index (χ3v) is 2.38. The van der Waals surface area contributed by atoms with Crippen LogP contribution in [0.15, 0.2) is 18.2 Å². The van der Waals surface area contributed by atoms with E-state index in [4.69, 9.17) is 15.2 Å². The van der Waals surface area contributed by atoms with Gasteiger partial charge < -0.3 is 20.5 Å². The lowest BCUT2D eigenvalue weighted by molar-refractivity contribution is -0.119. The van der Waals surface area contributed by atoms with Crippen molar-refractivity contribution in [1.29, 1.82) is 0 Å². The van der Waals surface area contributed by atoms with Gasteiger partial charge in [-0.1, -0.05) is 17.7 Å². The number of hydrogen-bond acceptors (Lipinski definition) is 4. The SMILES string of the molecule is COCCNCc1cc(C)ccc1OCC(N)=O. The second-order valence-electron chi connectivity index (χ2n) is 4.04. The van der Waals surface area contributed by atoms with Gasteiger partial charge in [0.1, 0.15) is 5.75 Å². The Kier molecular flexibility index (Phi) is 6.18. The highest BCUT2D eigenvalue weighted by atomic mass is 16.5. The molecule has 0 radical (unpaired) electrons. The maximum absolute atomic E-state index is 10.7. The van der Waals surface area contributed by atoms with Gasteiger partial charge in [0.15, 0.2) is 6.61 Å². The van der Waals surface area contributed by atoms with Crippen LogP contribution in [0.3, 0.4) is 0 Å². The van der Waals surface area contributed by atoms with Gasteiger partial charge in [0.2, 0.25) is 0 Å². The first-order valence-electron chi connectivity index (χ1n) is 5.83. The zero-order valence-corrected chi connectivity index (χ0v) is 10.9. The summed E-state index contributed by atoms with van der Waals surface area (Å²) in [5.41, 5.74) is 7.21. The molecule has 0 spiro atoms. The van der Waals surface area contributed by atoms with Gasteiger partial charge in [0.25, 0.3) is 5.91 Å². The molecule has 0 heterocycles. The molecular formula is C13H20N2O3. The summed E-state index contributed by atoms with van der Waals surface area (Å²) in [7, 11) is 1.66. The number of nitrogens with one attached hydrogen (secondary N) is 1. The molecule has 1 amide bonds. The molecule has 5 heteroatoms. The van der Waals surface area contributed by atoms with Gasteiger partial charge in [-0.15, -0.1) is 0 Å². The van der Waals surface area contributed by atoms with Crippen molar-refractivity contribution in [3.8, 4) is 5.75 Å². The molecule has 0 aliphatic carbocycles. The Morgan fingerprint density at radius 3 is 2.89 bits per heavy atom. The molecule has 0 fully saturated rings. The molecule has 100 valence electrons. The Labute approximate surface area is 107 Å². The third-order valence-electron chi connectivity index (χ3n) is 2.38. The predicted molar refractivity (Wildman–Crippen MR) is 69.5 cm³/mol. The predicted octanol–water partition coefficient (Wildman–Crippen LogP) is 0.595. The van der Waals surface area contributed by atoms with E-state index in [1.807, 2.05) is 25.1 Å². The van der Waals surface area contributed by atoms with E-state index in [0.717, 1.165) is 17.7 Å². The summed E-state index contributed by atoms with van der Waals surface area (Å²) < 4.78 is 10.3. The first-order valence-corrected chi connectivity index (χ1v) is 5.83. The monoisotopic (exact) mass is 252 g/mol. The lowest BCUT2D eigenvalue weighted by Crippen LogP contribution is -2.22. The number of rotatable bonds is 8. The number of benzene rings is 1. The van der Waals surface area contributed by atoms with Crippen molar-refractivity contribution in [2.75, 3.05) is 26.9 Å². The molecule has 1 rings (SSSR count). The second-order valence-corrected chi connectivity index (χ2v) is 4.04. The standard InChI is InChI=1S/C13H20N2O3/c1-10-3-4-12(18-9-13(14)16)11(7-10)8-15-5-6-17-2/h3-4,7,15H,5-6,8-9H2,1-2H3,(H2,14,16). The largest absolute Gasteiger partial charge is 0.483 e. The van der Waals surface area contributed by atoms with Crippen molar-refractivity contribution in [3.05, 3.63) is 29.3 Å². The van der Waals surface area contributed by atoms with Crippen LogP contribution in [0.4, 0.5) is 0 Å². The summed E-state index contributed by atoms with van der Waals surface area (Å²) in [5, 5.41) is 3.24. The molecular weight excluding hydrogens is 232 g/mol. The topological polar surface area (TPSA) is 73.6 Å². The van der Waals surface area contributed by atoms with Crippen molar-refractivity contribution in [1.82, 2.24) is 5.32 Å². The van der Waals surface area contributed by atoms with Crippen LogP contribution >= 0.6 is 0 Å². The second kappa shape index (κ2) is 7.68. The summed E-state index contributed by atoms with van der Waals surface area (Å²) in [4.78, 5) is 10.7. The molecule has 5 nitrogen and oxygen atoms in total. The normalized spacial score (nSPS) is 10.3. The van der Waals surface area contributed by atoms with E-state index >= 15 is 0 Å². The highest BCUT2D eigenvalue weighted by molar-refractivity contribution is 5.75. The number of hydrogen-bond donors (Lipinski definition) is 2. The number of nitrogens with two attached hydrogens (primary N) is 1. The summed E-state index contributed by atoms with van der Waals surface area (Å²) in [6.07, 6.45) is 0. The highest BCUT2D eigenvalue weighted by Gasteiger charge is 2.05. The fourth-order valence-corrected chi connectivity index (χ4v) is 1.53. The van der Waals surface area contributed by atoms with Crippen LogP contribution in [0, 0.1) is 6.92 Å². The van der Waals surface area contributed by atoms with Crippen LogP contribution in [0.1, 0.15) is 11.1 Å². The van der Waals surface area contributed by atoms with Crippen molar-refractivity contribution in [2.24, 2.45) is 5.73 Å². The van der Waals surface area contributed by atoms with Crippen LogP contribution in [-0.4, -0.2) is 32.8 Å². The smallest absolute Gasteiger partial charge is 0.255 e. The van der Waals surface area contributed by atoms with E-state index in [0.29, 0.717) is 18.9 Å². The zero-order chi connectivity index (χ0) is 13.4. The Balaban J connectivity index is 2.61. The molecule has 0 saturated heterocycles. The van der Waals surface area contributed by atoms with Crippen molar-refractivity contribution >= 4 is 5.91 Å². The zero-order valence-electron chi connectivity index (χ0n) is 10.9. The molecule has 0 bridgehead atoms. The van der Waals surface area contributed by atoms with Crippen LogP contribution < -0.4 is 15.8 Å². The molecule has 1 aromatic carbocycles. The summed E-state index contributed by atoms with van der Waals surface area (Å²) in [5.74, 6) is 0.207. The van der Waals surface area contributed by atoms with E-state index in [9.17, 15) is 4.79 Å². The minimum atomic E-state index is -0.478. The molecule has 3 N–H and O–H groups in total. The van der Waals surface area contributed by atoms with Gasteiger partial charge in [-0.05, 0) is 13.0 Å². The maximum Gasteiger partial charge on any atom is 0.255 e. The van der Waals surface area contributed by atoms with Gasteiger partial charge in [0, 0.05) is 25.8 Å². The molecule has 1 aromatic rings. The molecule has 0 aliphatic rings. The molecule has 0 unspecified atom stereocenters. The van der Waals surface area contributed by atoms with Crippen molar-refractivity contribution < 1.29 is 14.3 Å². The Hall–Kier alpha value is -1.59. The van der Waals surface area contributed by atoms with E-state index < -0.39 is 5.91 Å². The van der Waals surface area contributed by atoms with E-state index in [2.05, 4.69) is 5.32 Å². The van der Waals surface area contributed by atoms with Crippen molar-refractivity contribution in [2.45, 2.75) is 13.5 Å². The first-order chi connectivity index (χ1) is 8.63. The Morgan fingerprint density at radius 2 is 2.22 bits per heavy atom. The van der Waals surface area contributed by atoms with Crippen LogP contribution in [0.5, 0.6) is 5.75 Å². The fraction of sp³-hybridized carbons (Fsp3) is 0.462. The average Bonchev–Trinajstić information content (AvgIpc) is 2.33. The Morgan fingerprint density at radius 1 is 1.44 bits per heavy atom. The summed E-state index contributed by atoms with van der Waals surface area (Å²) >= 11 is 0. The lowest BCUT2D eigenvalue weighted by atomic mass is 10.1. The first kappa shape index (κ1) is 14.5. The maximum atomic E-state index is 10.7. The number of ether oxygens (including phenoxy) is 2. The number of carbonyl (C=O) groups excluding carboxylic acids is 1. The molecule has 0 aromatic heterocycles. The number of carbonyl (C=O) groups is 1. The minimum Gasteiger partial charge on any atom is -0.483 e.